The van der Waals surface area contributed by atoms with E-state index in [1.165, 1.54) is 4.90 Å². The number of likely N-dealkylation sites (tertiary alicyclic amines) is 1. The van der Waals surface area contributed by atoms with Gasteiger partial charge in [-0.2, -0.15) is 0 Å². The number of imide groups is 1. The average Bonchev–Trinajstić information content (AvgIpc) is 3.63. The summed E-state index contributed by atoms with van der Waals surface area (Å²) < 4.78 is 5.63. The molecule has 0 N–H and O–H groups in total. The van der Waals surface area contributed by atoms with Crippen molar-refractivity contribution in [2.75, 3.05) is 11.4 Å². The fourth-order valence-electron chi connectivity index (χ4n) is 6.72. The Morgan fingerprint density at radius 3 is 2.31 bits per heavy atom. The molecule has 7 heteroatoms. The SMILES string of the molecule is C[C@H](c1ccccc1)N1C[C@@H](C(=O)Oc2cccc(N3C(=O)[C@@H]4[C@H]5CC[C@@H](C5)[C@@H]4C3=O)c2)CC1=O. The highest BCUT2D eigenvalue weighted by atomic mass is 16.5. The summed E-state index contributed by atoms with van der Waals surface area (Å²) in [6.07, 6.45) is 3.13. The quantitative estimate of drug-likeness (QED) is 0.376. The fourth-order valence-corrected chi connectivity index (χ4v) is 6.72. The van der Waals surface area contributed by atoms with E-state index in [2.05, 4.69) is 0 Å². The lowest BCUT2D eigenvalue weighted by Crippen LogP contribution is -2.32. The minimum Gasteiger partial charge on any atom is -0.426 e. The number of fused-ring (bicyclic) bond motifs is 5. The molecular weight excluding hydrogens is 444 g/mol. The normalized spacial score (nSPS) is 30.2. The highest BCUT2D eigenvalue weighted by Gasteiger charge is 2.61. The number of benzene rings is 2. The molecule has 6 rings (SSSR count). The standard InChI is InChI=1S/C28H28N2O5/c1-16(17-6-3-2-4-7-17)29-15-20(13-23(29)31)28(34)35-22-9-5-8-21(14-22)30-26(32)24-18-10-11-19(12-18)25(24)27(30)33/h2-9,14,16,18-20,24-25H,10-13,15H2,1H3/t16-,18+,19+,20+,24-,25+/m1/s1. The summed E-state index contributed by atoms with van der Waals surface area (Å²) in [5.41, 5.74) is 1.46. The van der Waals surface area contributed by atoms with Crippen LogP contribution in [-0.4, -0.2) is 35.1 Å². The maximum Gasteiger partial charge on any atom is 0.316 e. The third-order valence-corrected chi connectivity index (χ3v) is 8.46. The van der Waals surface area contributed by atoms with E-state index in [9.17, 15) is 19.2 Å². The summed E-state index contributed by atoms with van der Waals surface area (Å²) in [7, 11) is 0. The van der Waals surface area contributed by atoms with Crippen LogP contribution in [0.4, 0.5) is 5.69 Å². The monoisotopic (exact) mass is 472 g/mol. The van der Waals surface area contributed by atoms with Crippen molar-refractivity contribution in [2.24, 2.45) is 29.6 Å². The summed E-state index contributed by atoms with van der Waals surface area (Å²) in [5, 5.41) is 0. The molecule has 2 saturated heterocycles. The van der Waals surface area contributed by atoms with E-state index in [0.717, 1.165) is 24.8 Å². The van der Waals surface area contributed by atoms with E-state index in [4.69, 9.17) is 4.74 Å². The van der Waals surface area contributed by atoms with Crippen molar-refractivity contribution in [3.8, 4) is 5.75 Å². The largest absolute Gasteiger partial charge is 0.426 e. The zero-order valence-electron chi connectivity index (χ0n) is 19.6. The number of rotatable bonds is 5. The van der Waals surface area contributed by atoms with Crippen molar-refractivity contribution in [2.45, 2.75) is 38.6 Å². The lowest BCUT2D eigenvalue weighted by atomic mass is 9.81. The molecule has 0 radical (unpaired) electrons. The van der Waals surface area contributed by atoms with Gasteiger partial charge in [0, 0.05) is 19.0 Å². The molecule has 3 amide bonds. The van der Waals surface area contributed by atoms with Gasteiger partial charge in [-0.3, -0.25) is 19.2 Å². The van der Waals surface area contributed by atoms with Crippen LogP contribution in [0.25, 0.3) is 0 Å². The van der Waals surface area contributed by atoms with Crippen molar-refractivity contribution in [3.05, 3.63) is 60.2 Å². The van der Waals surface area contributed by atoms with Gasteiger partial charge in [0.1, 0.15) is 5.75 Å². The number of hydrogen-bond donors (Lipinski definition) is 0. The zero-order valence-corrected chi connectivity index (χ0v) is 19.6. The van der Waals surface area contributed by atoms with Crippen LogP contribution in [-0.2, 0) is 19.2 Å². The minimum atomic E-state index is -0.567. The first-order chi connectivity index (χ1) is 16.9. The summed E-state index contributed by atoms with van der Waals surface area (Å²) in [4.78, 5) is 54.9. The average molecular weight is 473 g/mol. The zero-order chi connectivity index (χ0) is 24.3. The number of hydrogen-bond acceptors (Lipinski definition) is 5. The number of esters is 1. The summed E-state index contributed by atoms with van der Waals surface area (Å²) in [5.74, 6) is -0.868. The van der Waals surface area contributed by atoms with Crippen molar-refractivity contribution in [1.29, 1.82) is 0 Å². The minimum absolute atomic E-state index is 0.0773. The van der Waals surface area contributed by atoms with Crippen LogP contribution in [0, 0.1) is 29.6 Å². The van der Waals surface area contributed by atoms with Crippen molar-refractivity contribution in [1.82, 2.24) is 4.90 Å². The number of nitrogens with zero attached hydrogens (tertiary/aromatic N) is 2. The van der Waals surface area contributed by atoms with Crippen LogP contribution in [0.5, 0.6) is 5.75 Å². The van der Waals surface area contributed by atoms with E-state index >= 15 is 0 Å². The maximum absolute atomic E-state index is 13.1. The summed E-state index contributed by atoms with van der Waals surface area (Å²) in [6.45, 7) is 2.25. The van der Waals surface area contributed by atoms with Gasteiger partial charge in [0.05, 0.1) is 29.5 Å². The highest BCUT2D eigenvalue weighted by Crippen LogP contribution is 2.56. The molecule has 0 aromatic heterocycles. The van der Waals surface area contributed by atoms with Gasteiger partial charge in [0.15, 0.2) is 0 Å². The van der Waals surface area contributed by atoms with E-state index < -0.39 is 11.9 Å². The van der Waals surface area contributed by atoms with Crippen LogP contribution in [0.2, 0.25) is 0 Å². The summed E-state index contributed by atoms with van der Waals surface area (Å²) in [6, 6.07) is 16.2. The molecule has 2 saturated carbocycles. The second-order valence-corrected chi connectivity index (χ2v) is 10.3. The Labute approximate surface area is 204 Å². The molecule has 4 fully saturated rings. The Balaban J connectivity index is 1.15. The van der Waals surface area contributed by atoms with Crippen LogP contribution in [0.3, 0.4) is 0 Å². The number of anilines is 1. The Hall–Kier alpha value is -3.48. The third-order valence-electron chi connectivity index (χ3n) is 8.46. The number of carbonyl (C=O) groups is 4. The molecule has 2 aliphatic carbocycles. The van der Waals surface area contributed by atoms with Crippen LogP contribution < -0.4 is 9.64 Å². The smallest absolute Gasteiger partial charge is 0.316 e. The fraction of sp³-hybridized carbons (Fsp3) is 0.429. The highest BCUT2D eigenvalue weighted by molar-refractivity contribution is 6.22. The van der Waals surface area contributed by atoms with Gasteiger partial charge < -0.3 is 9.64 Å². The predicted octanol–water partition coefficient (Wildman–Crippen LogP) is 3.74. The number of amides is 3. The van der Waals surface area contributed by atoms with E-state index in [0.29, 0.717) is 24.1 Å². The summed E-state index contributed by atoms with van der Waals surface area (Å²) >= 11 is 0. The lowest BCUT2D eigenvalue weighted by Gasteiger charge is -2.25. The maximum atomic E-state index is 13.1. The van der Waals surface area contributed by atoms with E-state index in [1.54, 1.807) is 29.2 Å². The Morgan fingerprint density at radius 2 is 1.63 bits per heavy atom. The molecule has 0 spiro atoms. The molecule has 2 heterocycles. The topological polar surface area (TPSA) is 84.0 Å². The number of carbonyl (C=O) groups excluding carboxylic acids is 4. The molecule has 2 bridgehead atoms. The Bertz CT molecular complexity index is 1180. The van der Waals surface area contributed by atoms with Crippen LogP contribution >= 0.6 is 0 Å². The van der Waals surface area contributed by atoms with Crippen molar-refractivity contribution < 1.29 is 23.9 Å². The van der Waals surface area contributed by atoms with Gasteiger partial charge in [-0.05, 0) is 55.7 Å². The molecule has 0 unspecified atom stereocenters. The molecular formula is C28H28N2O5. The van der Waals surface area contributed by atoms with Crippen molar-refractivity contribution >= 4 is 29.4 Å². The van der Waals surface area contributed by atoms with Crippen LogP contribution in [0.15, 0.2) is 54.6 Å². The first-order valence-electron chi connectivity index (χ1n) is 12.5. The molecule has 6 atom stereocenters. The van der Waals surface area contributed by atoms with Gasteiger partial charge >= 0.3 is 5.97 Å². The molecule has 2 aromatic carbocycles. The molecule has 7 nitrogen and oxygen atoms in total. The lowest BCUT2D eigenvalue weighted by molar-refractivity contribution is -0.139. The Morgan fingerprint density at radius 1 is 0.943 bits per heavy atom. The van der Waals surface area contributed by atoms with Crippen LogP contribution in [0.1, 0.15) is 44.2 Å². The van der Waals surface area contributed by atoms with E-state index in [1.807, 2.05) is 37.3 Å². The number of ether oxygens (including phenoxy) is 1. The second-order valence-electron chi connectivity index (χ2n) is 10.3. The first kappa shape index (κ1) is 22.0. The molecule has 4 aliphatic rings. The second kappa shape index (κ2) is 8.33. The first-order valence-corrected chi connectivity index (χ1v) is 12.5. The van der Waals surface area contributed by atoms with Gasteiger partial charge in [0.2, 0.25) is 17.7 Å². The molecule has 2 aromatic rings. The van der Waals surface area contributed by atoms with Crippen molar-refractivity contribution in [3.63, 3.8) is 0 Å². The van der Waals surface area contributed by atoms with E-state index in [-0.39, 0.29) is 47.8 Å². The third kappa shape index (κ3) is 3.56. The molecule has 2 aliphatic heterocycles. The van der Waals surface area contributed by atoms with Gasteiger partial charge in [-0.15, -0.1) is 0 Å². The van der Waals surface area contributed by atoms with Gasteiger partial charge in [-0.1, -0.05) is 36.4 Å². The van der Waals surface area contributed by atoms with Gasteiger partial charge in [0.25, 0.3) is 0 Å². The molecule has 180 valence electrons. The van der Waals surface area contributed by atoms with Gasteiger partial charge in [-0.25, -0.2) is 4.90 Å². The Kier molecular flexibility index (Phi) is 5.24. The molecule has 35 heavy (non-hydrogen) atoms. The predicted molar refractivity (Wildman–Crippen MR) is 127 cm³/mol.